The van der Waals surface area contributed by atoms with E-state index in [1.807, 2.05) is 44.2 Å². The minimum atomic E-state index is 0.490. The van der Waals surface area contributed by atoms with Crippen molar-refractivity contribution in [2.75, 3.05) is 0 Å². The second kappa shape index (κ2) is 4.21. The maximum Gasteiger partial charge on any atom is 0.165 e. The second-order valence-corrected chi connectivity index (χ2v) is 4.52. The quantitative estimate of drug-likeness (QED) is 0.665. The fourth-order valence-corrected chi connectivity index (χ4v) is 2.13. The Morgan fingerprint density at radius 1 is 1.16 bits per heavy atom. The summed E-state index contributed by atoms with van der Waals surface area (Å²) >= 11 is 0. The zero-order chi connectivity index (χ0) is 13.4. The molecule has 3 aromatic rings. The summed E-state index contributed by atoms with van der Waals surface area (Å²) in [7, 11) is 0. The molecular weight excluding hydrogens is 236 g/mol. The molecule has 2 aromatic heterocycles. The highest BCUT2D eigenvalue weighted by Crippen LogP contribution is 2.19. The van der Waals surface area contributed by atoms with E-state index < -0.39 is 0 Å². The molecule has 0 aliphatic rings. The molecule has 0 bridgehead atoms. The monoisotopic (exact) mass is 248 g/mol. The molecule has 19 heavy (non-hydrogen) atoms. The molecule has 0 N–H and O–H groups in total. The number of benzene rings is 1. The number of aryl methyl sites for hydroxylation is 2. The van der Waals surface area contributed by atoms with Crippen molar-refractivity contribution in [3.05, 3.63) is 53.3 Å². The lowest BCUT2D eigenvalue weighted by molar-refractivity contribution is 0.924. The van der Waals surface area contributed by atoms with Crippen molar-refractivity contribution in [2.45, 2.75) is 13.8 Å². The summed E-state index contributed by atoms with van der Waals surface area (Å²) < 4.78 is 1.60. The summed E-state index contributed by atoms with van der Waals surface area (Å²) in [5.74, 6) is 0. The molecule has 0 fully saturated rings. The highest BCUT2D eigenvalue weighted by Gasteiger charge is 2.10. The third-order valence-electron chi connectivity index (χ3n) is 3.07. The lowest BCUT2D eigenvalue weighted by Gasteiger charge is -2.03. The van der Waals surface area contributed by atoms with Crippen LogP contribution in [0.1, 0.15) is 17.0 Å². The van der Waals surface area contributed by atoms with Crippen molar-refractivity contribution in [1.82, 2.24) is 14.6 Å². The van der Waals surface area contributed by atoms with Crippen LogP contribution in [-0.2, 0) is 0 Å². The number of imidazole rings is 1. The van der Waals surface area contributed by atoms with Gasteiger partial charge in [0.1, 0.15) is 6.07 Å². The first kappa shape index (κ1) is 11.4. The van der Waals surface area contributed by atoms with Gasteiger partial charge in [0.15, 0.2) is 11.3 Å². The molecule has 3 rings (SSSR count). The molecule has 0 aliphatic carbocycles. The Morgan fingerprint density at radius 2 is 2.00 bits per heavy atom. The lowest BCUT2D eigenvalue weighted by Crippen LogP contribution is -1.97. The van der Waals surface area contributed by atoms with E-state index in [0.717, 1.165) is 11.3 Å². The van der Waals surface area contributed by atoms with Crippen LogP contribution in [0.5, 0.6) is 0 Å². The summed E-state index contributed by atoms with van der Waals surface area (Å²) in [5.41, 5.74) is 4.95. The Morgan fingerprint density at radius 3 is 2.74 bits per heavy atom. The summed E-state index contributed by atoms with van der Waals surface area (Å²) in [6.45, 7) is 3.86. The smallest absolute Gasteiger partial charge is 0.165 e. The fourth-order valence-electron chi connectivity index (χ4n) is 2.13. The van der Waals surface area contributed by atoms with Gasteiger partial charge in [0.25, 0.3) is 0 Å². The highest BCUT2D eigenvalue weighted by molar-refractivity contribution is 5.61. The molecule has 0 unspecified atom stereocenters. The molecule has 0 amide bonds. The van der Waals surface area contributed by atoms with E-state index in [1.165, 1.54) is 5.56 Å². The molecular formula is C15H12N4. The standard InChI is InChI=1S/C15H12N4/c1-10-4-3-5-12(8-10)13-6-7-15-17-11(2)14(9-16)19(15)18-13/h3-8H,1-2H3. The summed E-state index contributed by atoms with van der Waals surface area (Å²) in [6.07, 6.45) is 0. The molecule has 4 nitrogen and oxygen atoms in total. The Kier molecular flexibility index (Phi) is 2.53. The normalized spacial score (nSPS) is 10.6. The Hall–Kier alpha value is -2.67. The second-order valence-electron chi connectivity index (χ2n) is 4.52. The van der Waals surface area contributed by atoms with Crippen molar-refractivity contribution in [3.8, 4) is 17.3 Å². The maximum atomic E-state index is 9.16. The van der Waals surface area contributed by atoms with Crippen LogP contribution in [-0.4, -0.2) is 14.6 Å². The number of fused-ring (bicyclic) bond motifs is 1. The number of rotatable bonds is 1. The molecule has 2 heterocycles. The van der Waals surface area contributed by atoms with Crippen molar-refractivity contribution in [3.63, 3.8) is 0 Å². The average Bonchev–Trinajstić information content (AvgIpc) is 2.73. The molecule has 1 aromatic carbocycles. The van der Waals surface area contributed by atoms with Crippen LogP contribution >= 0.6 is 0 Å². The molecule has 4 heteroatoms. The first-order valence-corrected chi connectivity index (χ1v) is 6.02. The van der Waals surface area contributed by atoms with E-state index in [9.17, 15) is 0 Å². The van der Waals surface area contributed by atoms with Crippen molar-refractivity contribution in [2.24, 2.45) is 0 Å². The largest absolute Gasteiger partial charge is 0.231 e. The van der Waals surface area contributed by atoms with Crippen LogP contribution in [0.3, 0.4) is 0 Å². The van der Waals surface area contributed by atoms with Gasteiger partial charge in [0, 0.05) is 5.56 Å². The first-order chi connectivity index (χ1) is 9.19. The summed E-state index contributed by atoms with van der Waals surface area (Å²) in [4.78, 5) is 4.31. The number of hydrogen-bond acceptors (Lipinski definition) is 3. The van der Waals surface area contributed by atoms with Gasteiger partial charge in [-0.1, -0.05) is 23.8 Å². The van der Waals surface area contributed by atoms with E-state index in [0.29, 0.717) is 17.0 Å². The number of hydrogen-bond donors (Lipinski definition) is 0. The van der Waals surface area contributed by atoms with E-state index in [2.05, 4.69) is 22.2 Å². The Bertz CT molecular complexity index is 809. The predicted molar refractivity (Wildman–Crippen MR) is 72.6 cm³/mol. The van der Waals surface area contributed by atoms with Crippen LogP contribution in [0, 0.1) is 25.2 Å². The van der Waals surface area contributed by atoms with Gasteiger partial charge in [-0.15, -0.1) is 0 Å². The van der Waals surface area contributed by atoms with E-state index in [-0.39, 0.29) is 0 Å². The number of nitriles is 1. The maximum absolute atomic E-state index is 9.16. The lowest BCUT2D eigenvalue weighted by atomic mass is 10.1. The molecule has 0 radical (unpaired) electrons. The van der Waals surface area contributed by atoms with Gasteiger partial charge in [-0.3, -0.25) is 0 Å². The predicted octanol–water partition coefficient (Wildman–Crippen LogP) is 2.88. The van der Waals surface area contributed by atoms with Crippen LogP contribution < -0.4 is 0 Å². The van der Waals surface area contributed by atoms with Gasteiger partial charge in [-0.2, -0.15) is 10.4 Å². The van der Waals surface area contributed by atoms with Crippen molar-refractivity contribution >= 4 is 5.65 Å². The minimum absolute atomic E-state index is 0.490. The van der Waals surface area contributed by atoms with Gasteiger partial charge in [0.2, 0.25) is 0 Å². The third-order valence-corrected chi connectivity index (χ3v) is 3.07. The van der Waals surface area contributed by atoms with Crippen LogP contribution in [0.25, 0.3) is 16.9 Å². The van der Waals surface area contributed by atoms with Gasteiger partial charge in [0.05, 0.1) is 11.4 Å². The molecule has 0 atom stereocenters. The molecule has 0 aliphatic heterocycles. The van der Waals surface area contributed by atoms with Gasteiger partial charge < -0.3 is 0 Å². The SMILES string of the molecule is Cc1cccc(-c2ccc3nc(C)c(C#N)n3n2)c1. The van der Waals surface area contributed by atoms with Crippen molar-refractivity contribution < 1.29 is 0 Å². The number of nitrogens with zero attached hydrogens (tertiary/aromatic N) is 4. The highest BCUT2D eigenvalue weighted by atomic mass is 15.3. The van der Waals surface area contributed by atoms with Gasteiger partial charge in [-0.05, 0) is 32.0 Å². The topological polar surface area (TPSA) is 54.0 Å². The minimum Gasteiger partial charge on any atom is -0.231 e. The zero-order valence-corrected chi connectivity index (χ0v) is 10.8. The van der Waals surface area contributed by atoms with Gasteiger partial charge in [-0.25, -0.2) is 9.50 Å². The van der Waals surface area contributed by atoms with E-state index >= 15 is 0 Å². The summed E-state index contributed by atoms with van der Waals surface area (Å²) in [6, 6.07) is 14.1. The third kappa shape index (κ3) is 1.85. The first-order valence-electron chi connectivity index (χ1n) is 6.02. The zero-order valence-electron chi connectivity index (χ0n) is 10.8. The van der Waals surface area contributed by atoms with Crippen LogP contribution in [0.4, 0.5) is 0 Å². The average molecular weight is 248 g/mol. The Balaban J connectivity index is 2.24. The number of aromatic nitrogens is 3. The Labute approximate surface area is 111 Å². The van der Waals surface area contributed by atoms with Crippen molar-refractivity contribution in [1.29, 1.82) is 5.26 Å². The molecule has 0 spiro atoms. The van der Waals surface area contributed by atoms with Crippen LogP contribution in [0.15, 0.2) is 36.4 Å². The van der Waals surface area contributed by atoms with E-state index in [4.69, 9.17) is 5.26 Å². The molecule has 92 valence electrons. The summed E-state index contributed by atoms with van der Waals surface area (Å²) in [5, 5.41) is 13.7. The van der Waals surface area contributed by atoms with Gasteiger partial charge >= 0.3 is 0 Å². The van der Waals surface area contributed by atoms with E-state index in [1.54, 1.807) is 4.52 Å². The molecule has 0 saturated heterocycles. The molecule has 0 saturated carbocycles. The van der Waals surface area contributed by atoms with Crippen LogP contribution in [0.2, 0.25) is 0 Å². The fraction of sp³-hybridized carbons (Fsp3) is 0.133.